The number of hydrogen-bond acceptors (Lipinski definition) is 10. The van der Waals surface area contributed by atoms with Gasteiger partial charge in [0.1, 0.15) is 12.0 Å². The van der Waals surface area contributed by atoms with Gasteiger partial charge in [-0.05, 0) is 41.6 Å². The lowest BCUT2D eigenvalue weighted by atomic mass is 9.98. The molecule has 3 N–H and O–H groups in total. The molecule has 3 rings (SSSR count). The standard InChI is InChI=1S/C21H24N2O4S.C5H11NO2/c1-26-20(24)11-6-12-23-28-14-22-21(25)27-13-19-17-9-4-2-7-15(17)16-8-3-5-10-18(16)19;1-8-5(7)3-2-4-6/h2-5,7-10,19,23H,6,11-14H2,1H3,(H,22,25);2-4,6H2,1H3/p-1. The molecule has 1 aliphatic rings. The maximum atomic E-state index is 11.9. The predicted octanol–water partition coefficient (Wildman–Crippen LogP) is 2.58. The summed E-state index contributed by atoms with van der Waals surface area (Å²) in [6, 6.07) is 16.4. The van der Waals surface area contributed by atoms with E-state index in [2.05, 4.69) is 43.5 Å². The average molecular weight is 517 g/mol. The van der Waals surface area contributed by atoms with E-state index in [1.54, 1.807) is 0 Å². The van der Waals surface area contributed by atoms with Crippen molar-refractivity contribution in [1.29, 1.82) is 0 Å². The fourth-order valence-corrected chi connectivity index (χ4v) is 4.15. The molecule has 1 aliphatic carbocycles. The molecule has 0 amide bonds. The monoisotopic (exact) mass is 516 g/mol. The van der Waals surface area contributed by atoms with Crippen LogP contribution in [0.15, 0.2) is 53.5 Å². The summed E-state index contributed by atoms with van der Waals surface area (Å²) in [7, 11) is 2.75. The summed E-state index contributed by atoms with van der Waals surface area (Å²) in [5.41, 5.74) is 9.88. The van der Waals surface area contributed by atoms with E-state index < -0.39 is 6.08 Å². The minimum atomic E-state index is -0.564. The minimum Gasteiger partial charge on any atom is -0.599 e. The number of carbonyl (C=O) groups excluding carboxylic acids is 2. The molecule has 0 saturated heterocycles. The van der Waals surface area contributed by atoms with E-state index in [0.717, 1.165) is 0 Å². The van der Waals surface area contributed by atoms with Gasteiger partial charge < -0.3 is 25.1 Å². The summed E-state index contributed by atoms with van der Waals surface area (Å²) in [5, 5.41) is 11.9. The molecular formula is C26H34N3O6S-. The molecule has 0 bridgehead atoms. The SMILES string of the molecule is COC(=O)CCCN.COC(=O)CCCNSCN=C([O-])OCC1c2ccccc2-c2ccccc21. The highest BCUT2D eigenvalue weighted by Gasteiger charge is 2.26. The number of nitrogens with zero attached hydrogens (tertiary/aromatic N) is 1. The zero-order chi connectivity index (χ0) is 26.2. The van der Waals surface area contributed by atoms with E-state index in [-0.39, 0.29) is 30.3 Å². The molecule has 0 saturated carbocycles. The van der Waals surface area contributed by atoms with Gasteiger partial charge in [0.25, 0.3) is 0 Å². The van der Waals surface area contributed by atoms with E-state index >= 15 is 0 Å². The van der Waals surface area contributed by atoms with Crippen LogP contribution in [0.3, 0.4) is 0 Å². The molecule has 0 unspecified atom stereocenters. The second-order valence-corrected chi connectivity index (χ2v) is 8.61. The van der Waals surface area contributed by atoms with Gasteiger partial charge in [-0.15, -0.1) is 0 Å². The summed E-state index contributed by atoms with van der Waals surface area (Å²) in [5.74, 6) is -0.115. The lowest BCUT2D eigenvalue weighted by Crippen LogP contribution is -2.24. The molecule has 2 aromatic carbocycles. The van der Waals surface area contributed by atoms with Gasteiger partial charge in [-0.1, -0.05) is 60.5 Å². The lowest BCUT2D eigenvalue weighted by molar-refractivity contribution is -0.250. The number of benzene rings is 2. The van der Waals surface area contributed by atoms with Gasteiger partial charge in [0.15, 0.2) is 0 Å². The van der Waals surface area contributed by atoms with Gasteiger partial charge >= 0.3 is 11.9 Å². The first-order valence-electron chi connectivity index (χ1n) is 11.7. The van der Waals surface area contributed by atoms with Crippen LogP contribution in [0.5, 0.6) is 0 Å². The van der Waals surface area contributed by atoms with E-state index in [1.165, 1.54) is 48.4 Å². The molecule has 2 aromatic rings. The Morgan fingerprint density at radius 1 is 0.972 bits per heavy atom. The number of aliphatic imine (C=N–C) groups is 1. The van der Waals surface area contributed by atoms with E-state index in [1.807, 2.05) is 24.3 Å². The summed E-state index contributed by atoms with van der Waals surface area (Å²) >= 11 is 1.31. The highest BCUT2D eigenvalue weighted by molar-refractivity contribution is 7.97. The molecule has 0 fully saturated rings. The van der Waals surface area contributed by atoms with Crippen molar-refractivity contribution in [3.63, 3.8) is 0 Å². The van der Waals surface area contributed by atoms with Gasteiger partial charge in [-0.2, -0.15) is 0 Å². The molecule has 0 aliphatic heterocycles. The highest BCUT2D eigenvalue weighted by atomic mass is 32.2. The van der Waals surface area contributed by atoms with Crippen molar-refractivity contribution in [2.45, 2.75) is 31.6 Å². The van der Waals surface area contributed by atoms with Gasteiger partial charge in [0, 0.05) is 31.9 Å². The Morgan fingerprint density at radius 2 is 1.53 bits per heavy atom. The third kappa shape index (κ3) is 9.52. The molecule has 9 nitrogen and oxygen atoms in total. The molecule has 0 radical (unpaired) electrons. The molecular weight excluding hydrogens is 482 g/mol. The molecule has 10 heteroatoms. The smallest absolute Gasteiger partial charge is 0.305 e. The summed E-state index contributed by atoms with van der Waals surface area (Å²) in [4.78, 5) is 25.2. The number of nitrogens with two attached hydrogens (primary N) is 1. The van der Waals surface area contributed by atoms with E-state index in [9.17, 15) is 14.7 Å². The lowest BCUT2D eigenvalue weighted by Gasteiger charge is -2.20. The Labute approximate surface area is 216 Å². The fourth-order valence-electron chi connectivity index (χ4n) is 3.60. The van der Waals surface area contributed by atoms with Crippen LogP contribution in [0.2, 0.25) is 0 Å². The van der Waals surface area contributed by atoms with Crippen LogP contribution in [0.4, 0.5) is 0 Å². The van der Waals surface area contributed by atoms with Crippen molar-refractivity contribution in [2.75, 3.05) is 39.8 Å². The number of hydrogen-bond donors (Lipinski definition) is 2. The topological polar surface area (TPSA) is 135 Å². The Morgan fingerprint density at radius 3 is 2.08 bits per heavy atom. The normalized spacial score (nSPS) is 12.1. The number of carbonyl (C=O) groups is 2. The molecule has 196 valence electrons. The van der Waals surface area contributed by atoms with Gasteiger partial charge in [-0.3, -0.25) is 19.3 Å². The van der Waals surface area contributed by atoms with Crippen molar-refractivity contribution >= 4 is 30.0 Å². The minimum absolute atomic E-state index is 0.0376. The number of esters is 2. The van der Waals surface area contributed by atoms with Crippen LogP contribution in [0.1, 0.15) is 42.7 Å². The second-order valence-electron chi connectivity index (χ2n) is 7.78. The van der Waals surface area contributed by atoms with Crippen LogP contribution in [0, 0.1) is 0 Å². The quantitative estimate of drug-likeness (QED) is 0.143. The highest BCUT2D eigenvalue weighted by Crippen LogP contribution is 2.44. The van der Waals surface area contributed by atoms with Gasteiger partial charge in [-0.25, -0.2) is 0 Å². The molecule has 0 aromatic heterocycles. The number of ether oxygens (including phenoxy) is 3. The maximum Gasteiger partial charge on any atom is 0.305 e. The van der Waals surface area contributed by atoms with Crippen LogP contribution in [-0.4, -0.2) is 57.8 Å². The largest absolute Gasteiger partial charge is 0.599 e. The number of nitrogens with one attached hydrogen (secondary N) is 1. The Bertz CT molecular complexity index is 956. The average Bonchev–Trinajstić information content (AvgIpc) is 3.23. The first-order valence-corrected chi connectivity index (χ1v) is 12.7. The summed E-state index contributed by atoms with van der Waals surface area (Å²) < 4.78 is 17.4. The Hall–Kier alpha value is -3.08. The van der Waals surface area contributed by atoms with E-state index in [4.69, 9.17) is 10.5 Å². The van der Waals surface area contributed by atoms with Crippen LogP contribution >= 0.6 is 11.9 Å². The molecule has 0 spiro atoms. The van der Waals surface area contributed by atoms with Crippen LogP contribution in [-0.2, 0) is 23.8 Å². The maximum absolute atomic E-state index is 11.9. The first-order chi connectivity index (χ1) is 17.5. The zero-order valence-electron chi connectivity index (χ0n) is 20.7. The molecule has 0 atom stereocenters. The van der Waals surface area contributed by atoms with Crippen molar-refractivity contribution in [1.82, 2.24) is 4.72 Å². The summed E-state index contributed by atoms with van der Waals surface area (Å²) in [6.45, 7) is 1.46. The number of rotatable bonds is 12. The fraction of sp³-hybridized carbons (Fsp3) is 0.423. The summed E-state index contributed by atoms with van der Waals surface area (Å²) in [6.07, 6.45) is 1.63. The van der Waals surface area contributed by atoms with Crippen molar-refractivity contribution < 1.29 is 28.9 Å². The second kappa shape index (κ2) is 16.6. The Kier molecular flexibility index (Phi) is 13.4. The van der Waals surface area contributed by atoms with Crippen LogP contribution in [0.25, 0.3) is 11.1 Å². The third-order valence-corrected chi connectivity index (χ3v) is 6.06. The van der Waals surface area contributed by atoms with Gasteiger partial charge in [0.2, 0.25) is 0 Å². The Balaban J connectivity index is 0.000000493. The molecule has 0 heterocycles. The van der Waals surface area contributed by atoms with Gasteiger partial charge in [0.05, 0.1) is 14.2 Å². The third-order valence-electron chi connectivity index (χ3n) is 5.40. The van der Waals surface area contributed by atoms with Crippen LogP contribution < -0.4 is 15.6 Å². The zero-order valence-corrected chi connectivity index (χ0v) is 21.6. The van der Waals surface area contributed by atoms with Crippen molar-refractivity contribution in [3.05, 3.63) is 59.7 Å². The molecule has 36 heavy (non-hydrogen) atoms. The number of methoxy groups -OCH3 is 2. The predicted molar refractivity (Wildman–Crippen MR) is 139 cm³/mol. The first kappa shape index (κ1) is 29.2. The van der Waals surface area contributed by atoms with Crippen molar-refractivity contribution in [3.8, 4) is 11.1 Å². The number of fused-ring (bicyclic) bond motifs is 3. The van der Waals surface area contributed by atoms with E-state index in [0.29, 0.717) is 38.8 Å². The van der Waals surface area contributed by atoms with Crippen molar-refractivity contribution in [2.24, 2.45) is 10.7 Å².